The molecule has 0 unspecified atom stereocenters. The number of allylic oxidation sites excluding steroid dienone is 1. The average Bonchev–Trinajstić information content (AvgIpc) is 2.48. The minimum Gasteiger partial charge on any atom is -0.480 e. The van der Waals surface area contributed by atoms with Gasteiger partial charge in [-0.25, -0.2) is 4.79 Å². The van der Waals surface area contributed by atoms with Crippen LogP contribution in [0, 0.1) is 0 Å². The fourth-order valence-corrected chi connectivity index (χ4v) is 1.53. The highest BCUT2D eigenvalue weighted by atomic mass is 16.4. The smallest absolute Gasteiger partial charge is 0.326 e. The lowest BCUT2D eigenvalue weighted by atomic mass is 10.2. The van der Waals surface area contributed by atoms with E-state index in [1.54, 1.807) is 13.0 Å². The molecule has 1 fully saturated rings. The van der Waals surface area contributed by atoms with Gasteiger partial charge in [-0.3, -0.25) is 4.79 Å². The largest absolute Gasteiger partial charge is 0.480 e. The van der Waals surface area contributed by atoms with E-state index in [4.69, 9.17) is 5.11 Å². The maximum absolute atomic E-state index is 11.4. The van der Waals surface area contributed by atoms with Gasteiger partial charge in [-0.2, -0.15) is 0 Å². The molecule has 5 heteroatoms. The maximum atomic E-state index is 11.4. The van der Waals surface area contributed by atoms with Crippen molar-refractivity contribution >= 4 is 11.9 Å². The maximum Gasteiger partial charge on any atom is 0.326 e. The number of aliphatic hydroxyl groups is 1. The Morgan fingerprint density at radius 3 is 2.64 bits per heavy atom. The minimum atomic E-state index is -1.07. The van der Waals surface area contributed by atoms with E-state index in [1.165, 1.54) is 11.0 Å². The molecule has 0 bridgehead atoms. The first-order valence-electron chi connectivity index (χ1n) is 4.40. The van der Waals surface area contributed by atoms with Gasteiger partial charge in [-0.1, -0.05) is 6.08 Å². The number of β-amino-alcohol motifs (C(OH)–C–C–N with tert-alkyl or cyclic N) is 1. The highest BCUT2D eigenvalue weighted by Crippen LogP contribution is 2.18. The van der Waals surface area contributed by atoms with Crippen LogP contribution in [0.1, 0.15) is 13.3 Å². The molecule has 0 radical (unpaired) electrons. The second-order valence-electron chi connectivity index (χ2n) is 3.23. The number of amides is 1. The van der Waals surface area contributed by atoms with E-state index in [0.29, 0.717) is 0 Å². The van der Waals surface area contributed by atoms with Crippen molar-refractivity contribution in [2.75, 3.05) is 6.54 Å². The fraction of sp³-hybridized carbons (Fsp3) is 0.556. The number of carbonyl (C=O) groups excluding carboxylic acids is 1. The van der Waals surface area contributed by atoms with E-state index in [2.05, 4.69) is 0 Å². The molecule has 0 aromatic heterocycles. The van der Waals surface area contributed by atoms with Crippen molar-refractivity contribution in [1.29, 1.82) is 0 Å². The molecule has 14 heavy (non-hydrogen) atoms. The van der Waals surface area contributed by atoms with Gasteiger partial charge in [0.25, 0.3) is 0 Å². The van der Waals surface area contributed by atoms with Crippen LogP contribution in [0.5, 0.6) is 0 Å². The average molecular weight is 199 g/mol. The minimum absolute atomic E-state index is 0.0974. The number of carboxylic acid groups (broad SMARTS) is 1. The van der Waals surface area contributed by atoms with Gasteiger partial charge in [0.05, 0.1) is 6.10 Å². The number of rotatable bonds is 2. The third-order valence-corrected chi connectivity index (χ3v) is 2.16. The van der Waals surface area contributed by atoms with Crippen molar-refractivity contribution in [2.24, 2.45) is 0 Å². The molecule has 1 rings (SSSR count). The van der Waals surface area contributed by atoms with Crippen LogP contribution >= 0.6 is 0 Å². The van der Waals surface area contributed by atoms with Gasteiger partial charge in [0.1, 0.15) is 6.04 Å². The fourth-order valence-electron chi connectivity index (χ4n) is 1.53. The van der Waals surface area contributed by atoms with E-state index in [-0.39, 0.29) is 18.9 Å². The number of likely N-dealkylation sites (tertiary alicyclic amines) is 1. The van der Waals surface area contributed by atoms with Crippen LogP contribution < -0.4 is 0 Å². The van der Waals surface area contributed by atoms with Crippen LogP contribution in [-0.2, 0) is 9.59 Å². The Kier molecular flexibility index (Phi) is 3.24. The zero-order valence-corrected chi connectivity index (χ0v) is 7.88. The van der Waals surface area contributed by atoms with Gasteiger partial charge >= 0.3 is 5.97 Å². The van der Waals surface area contributed by atoms with Crippen LogP contribution in [0.15, 0.2) is 12.2 Å². The molecule has 1 saturated heterocycles. The zero-order valence-electron chi connectivity index (χ0n) is 7.88. The lowest BCUT2D eigenvalue weighted by Crippen LogP contribution is -2.39. The first-order valence-corrected chi connectivity index (χ1v) is 4.40. The Balaban J connectivity index is 2.76. The molecule has 2 N–H and O–H groups in total. The summed E-state index contributed by atoms with van der Waals surface area (Å²) >= 11 is 0. The summed E-state index contributed by atoms with van der Waals surface area (Å²) < 4.78 is 0. The van der Waals surface area contributed by atoms with Gasteiger partial charge in [-0.05, 0) is 13.0 Å². The molecule has 0 spiro atoms. The number of nitrogens with zero attached hydrogens (tertiary/aromatic N) is 1. The first kappa shape index (κ1) is 10.7. The van der Waals surface area contributed by atoms with E-state index in [1.807, 2.05) is 0 Å². The quantitative estimate of drug-likeness (QED) is 0.594. The standard InChI is InChI=1S/C9H13NO4/c1-2-3-8(12)10-5-6(11)4-7(10)9(13)14/h2-3,6-7,11H,4-5H2,1H3,(H,13,14)/t6-,7-/m0/s1. The van der Waals surface area contributed by atoms with Gasteiger partial charge in [0.15, 0.2) is 0 Å². The van der Waals surface area contributed by atoms with E-state index in [0.717, 1.165) is 0 Å². The second kappa shape index (κ2) is 4.23. The second-order valence-corrected chi connectivity index (χ2v) is 3.23. The monoisotopic (exact) mass is 199 g/mol. The Morgan fingerprint density at radius 1 is 1.50 bits per heavy atom. The van der Waals surface area contributed by atoms with E-state index in [9.17, 15) is 14.7 Å². The van der Waals surface area contributed by atoms with Crippen LogP contribution in [0.2, 0.25) is 0 Å². The molecular weight excluding hydrogens is 186 g/mol. The number of hydrogen-bond donors (Lipinski definition) is 2. The predicted octanol–water partition coefficient (Wildman–Crippen LogP) is -0.391. The molecular formula is C9H13NO4. The van der Waals surface area contributed by atoms with Gasteiger partial charge in [-0.15, -0.1) is 0 Å². The number of aliphatic carboxylic acids is 1. The summed E-state index contributed by atoms with van der Waals surface area (Å²) in [5, 5.41) is 18.0. The van der Waals surface area contributed by atoms with Crippen LogP contribution in [0.3, 0.4) is 0 Å². The summed E-state index contributed by atoms with van der Waals surface area (Å²) in [7, 11) is 0. The highest BCUT2D eigenvalue weighted by molar-refractivity contribution is 5.91. The van der Waals surface area contributed by atoms with E-state index >= 15 is 0 Å². The van der Waals surface area contributed by atoms with Crippen molar-refractivity contribution in [3.63, 3.8) is 0 Å². The summed E-state index contributed by atoms with van der Waals surface area (Å²) in [5.74, 6) is -1.43. The molecule has 0 aromatic rings. The Hall–Kier alpha value is -1.36. The summed E-state index contributed by atoms with van der Waals surface area (Å²) in [4.78, 5) is 23.3. The summed E-state index contributed by atoms with van der Waals surface area (Å²) in [6.45, 7) is 1.78. The lowest BCUT2D eigenvalue weighted by Gasteiger charge is -2.18. The normalized spacial score (nSPS) is 27.1. The van der Waals surface area contributed by atoms with Crippen molar-refractivity contribution in [3.8, 4) is 0 Å². The molecule has 0 aliphatic carbocycles. The predicted molar refractivity (Wildman–Crippen MR) is 48.6 cm³/mol. The third-order valence-electron chi connectivity index (χ3n) is 2.16. The highest BCUT2D eigenvalue weighted by Gasteiger charge is 2.37. The molecule has 78 valence electrons. The van der Waals surface area contributed by atoms with Gasteiger partial charge in [0, 0.05) is 13.0 Å². The molecule has 1 aliphatic rings. The van der Waals surface area contributed by atoms with Gasteiger partial charge in [0.2, 0.25) is 5.91 Å². The molecule has 0 aromatic carbocycles. The Morgan fingerprint density at radius 2 is 2.14 bits per heavy atom. The topological polar surface area (TPSA) is 77.8 Å². The molecule has 2 atom stereocenters. The summed E-state index contributed by atoms with van der Waals surface area (Å²) in [5.41, 5.74) is 0. The van der Waals surface area contributed by atoms with Crippen LogP contribution in [0.4, 0.5) is 0 Å². The van der Waals surface area contributed by atoms with Crippen molar-refractivity contribution in [1.82, 2.24) is 4.90 Å². The lowest BCUT2D eigenvalue weighted by molar-refractivity contribution is -0.146. The molecule has 1 heterocycles. The van der Waals surface area contributed by atoms with Crippen LogP contribution in [0.25, 0.3) is 0 Å². The molecule has 1 amide bonds. The van der Waals surface area contributed by atoms with Crippen molar-refractivity contribution < 1.29 is 19.8 Å². The zero-order chi connectivity index (χ0) is 10.7. The van der Waals surface area contributed by atoms with Crippen molar-refractivity contribution in [2.45, 2.75) is 25.5 Å². The summed E-state index contributed by atoms with van der Waals surface area (Å²) in [6, 6.07) is -0.895. The van der Waals surface area contributed by atoms with Crippen molar-refractivity contribution in [3.05, 3.63) is 12.2 Å². The van der Waals surface area contributed by atoms with Gasteiger partial charge < -0.3 is 15.1 Å². The molecule has 5 nitrogen and oxygen atoms in total. The molecule has 1 aliphatic heterocycles. The number of aliphatic hydroxyl groups excluding tert-OH is 1. The van der Waals surface area contributed by atoms with Crippen LogP contribution in [-0.4, -0.2) is 45.7 Å². The number of carbonyl (C=O) groups is 2. The van der Waals surface area contributed by atoms with E-state index < -0.39 is 18.1 Å². The number of carboxylic acids is 1. The first-order chi connectivity index (χ1) is 6.56. The Labute approximate surface area is 81.6 Å². The SMILES string of the molecule is CC=CC(=O)N1C[C@@H](O)C[C@H]1C(=O)O. The summed E-state index contributed by atoms with van der Waals surface area (Å²) in [6.07, 6.45) is 2.23. The Bertz CT molecular complexity index is 274. The molecule has 0 saturated carbocycles. The third kappa shape index (κ3) is 2.11. The number of hydrogen-bond acceptors (Lipinski definition) is 3.